The van der Waals surface area contributed by atoms with Gasteiger partial charge in [-0.3, -0.25) is 14.9 Å². The Morgan fingerprint density at radius 2 is 1.94 bits per heavy atom. The minimum absolute atomic E-state index is 0.0544. The van der Waals surface area contributed by atoms with Crippen molar-refractivity contribution in [1.29, 1.82) is 0 Å². The van der Waals surface area contributed by atoms with Gasteiger partial charge in [0.05, 0.1) is 28.5 Å². The lowest BCUT2D eigenvalue weighted by Crippen LogP contribution is -2.24. The molecule has 12 heteroatoms. The second-order valence-corrected chi connectivity index (χ2v) is 7.31. The summed E-state index contributed by atoms with van der Waals surface area (Å²) in [5.74, 6) is -0.380. The highest BCUT2D eigenvalue weighted by Gasteiger charge is 2.15. The van der Waals surface area contributed by atoms with Gasteiger partial charge in [0.15, 0.2) is 18.1 Å². The molecule has 0 fully saturated rings. The standard InChI is InChI=1S/C22H18BrN3O8/c1-2-31-20-10-14(5-7-18(20)34-22(28)19-4-3-9-32-19)12-24-25-21(27)13-33-17-8-6-15(26(29)30)11-16(17)23/h3-12H,2,13H2,1H3,(H,25,27)/b24-12+. The smallest absolute Gasteiger partial charge is 0.379 e. The lowest BCUT2D eigenvalue weighted by Gasteiger charge is -2.10. The number of amides is 1. The van der Waals surface area contributed by atoms with Crippen LogP contribution in [0.5, 0.6) is 17.2 Å². The van der Waals surface area contributed by atoms with E-state index in [4.69, 9.17) is 18.6 Å². The molecular formula is C22H18BrN3O8. The van der Waals surface area contributed by atoms with Crippen LogP contribution in [0.15, 0.2) is 68.8 Å². The first-order valence-corrected chi connectivity index (χ1v) is 10.6. The van der Waals surface area contributed by atoms with Crippen LogP contribution in [-0.2, 0) is 4.79 Å². The van der Waals surface area contributed by atoms with E-state index < -0.39 is 16.8 Å². The van der Waals surface area contributed by atoms with Gasteiger partial charge in [-0.05, 0) is 64.8 Å². The van der Waals surface area contributed by atoms with Crippen molar-refractivity contribution in [2.45, 2.75) is 6.92 Å². The number of furan rings is 1. The number of non-ortho nitro benzene ring substituents is 1. The molecule has 0 atom stereocenters. The molecule has 11 nitrogen and oxygen atoms in total. The topological polar surface area (TPSA) is 142 Å². The van der Waals surface area contributed by atoms with E-state index in [9.17, 15) is 19.7 Å². The van der Waals surface area contributed by atoms with Crippen LogP contribution in [0.25, 0.3) is 0 Å². The molecule has 3 rings (SSSR count). The first-order valence-electron chi connectivity index (χ1n) is 9.78. The Bertz CT molecular complexity index is 1210. The average molecular weight is 532 g/mol. The fourth-order valence-corrected chi connectivity index (χ4v) is 3.06. The van der Waals surface area contributed by atoms with Gasteiger partial charge in [0.2, 0.25) is 5.76 Å². The van der Waals surface area contributed by atoms with Crippen LogP contribution in [0.4, 0.5) is 5.69 Å². The maximum absolute atomic E-state index is 12.1. The summed E-state index contributed by atoms with van der Waals surface area (Å²) < 4.78 is 21.5. The summed E-state index contributed by atoms with van der Waals surface area (Å²) in [7, 11) is 0. The van der Waals surface area contributed by atoms with E-state index in [1.165, 1.54) is 42.8 Å². The number of ether oxygens (including phenoxy) is 3. The Kier molecular flexibility index (Phi) is 8.35. The first kappa shape index (κ1) is 24.5. The third-order valence-electron chi connectivity index (χ3n) is 4.08. The summed E-state index contributed by atoms with van der Waals surface area (Å²) in [6, 6.07) is 11.7. The predicted molar refractivity (Wildman–Crippen MR) is 123 cm³/mol. The largest absolute Gasteiger partial charge is 0.490 e. The number of hydrogen-bond acceptors (Lipinski definition) is 9. The fourth-order valence-electron chi connectivity index (χ4n) is 2.58. The van der Waals surface area contributed by atoms with E-state index in [2.05, 4.69) is 26.5 Å². The van der Waals surface area contributed by atoms with Crippen LogP contribution in [0.3, 0.4) is 0 Å². The fraction of sp³-hybridized carbons (Fsp3) is 0.136. The highest BCUT2D eigenvalue weighted by atomic mass is 79.9. The molecule has 3 aromatic rings. The molecule has 34 heavy (non-hydrogen) atoms. The van der Waals surface area contributed by atoms with E-state index >= 15 is 0 Å². The summed E-state index contributed by atoms with van der Waals surface area (Å²) in [4.78, 5) is 34.3. The number of nitro benzene ring substituents is 1. The number of esters is 1. The number of hydrazone groups is 1. The Hall–Kier alpha value is -4.19. The van der Waals surface area contributed by atoms with Crippen molar-refractivity contribution in [3.8, 4) is 17.2 Å². The number of nitrogens with zero attached hydrogens (tertiary/aromatic N) is 2. The molecule has 0 radical (unpaired) electrons. The zero-order valence-corrected chi connectivity index (χ0v) is 19.3. The Morgan fingerprint density at radius 3 is 2.62 bits per heavy atom. The van der Waals surface area contributed by atoms with Gasteiger partial charge < -0.3 is 18.6 Å². The summed E-state index contributed by atoms with van der Waals surface area (Å²) in [5, 5.41) is 14.6. The number of nitro groups is 1. The van der Waals surface area contributed by atoms with Crippen molar-refractivity contribution in [3.05, 3.63) is 80.7 Å². The normalized spacial score (nSPS) is 10.6. The van der Waals surface area contributed by atoms with Crippen LogP contribution >= 0.6 is 15.9 Å². The number of carbonyl (C=O) groups is 2. The molecular weight excluding hydrogens is 514 g/mol. The van der Waals surface area contributed by atoms with Gasteiger partial charge in [-0.1, -0.05) is 0 Å². The third-order valence-corrected chi connectivity index (χ3v) is 4.70. The van der Waals surface area contributed by atoms with E-state index in [0.717, 1.165) is 0 Å². The Balaban J connectivity index is 1.57. The number of hydrogen-bond donors (Lipinski definition) is 1. The van der Waals surface area contributed by atoms with E-state index in [0.29, 0.717) is 22.4 Å². The zero-order chi connectivity index (χ0) is 24.5. The van der Waals surface area contributed by atoms with Crippen LogP contribution < -0.4 is 19.6 Å². The van der Waals surface area contributed by atoms with Gasteiger partial charge in [0.1, 0.15) is 5.75 Å². The van der Waals surface area contributed by atoms with Crippen molar-refractivity contribution in [3.63, 3.8) is 0 Å². The molecule has 0 saturated carbocycles. The summed E-state index contributed by atoms with van der Waals surface area (Å²) >= 11 is 3.16. The molecule has 0 bridgehead atoms. The van der Waals surface area contributed by atoms with Crippen LogP contribution in [0, 0.1) is 10.1 Å². The highest BCUT2D eigenvalue weighted by molar-refractivity contribution is 9.10. The first-order chi connectivity index (χ1) is 16.4. The highest BCUT2D eigenvalue weighted by Crippen LogP contribution is 2.30. The van der Waals surface area contributed by atoms with Crippen LogP contribution in [-0.4, -0.2) is 36.2 Å². The minimum atomic E-state index is -0.667. The second-order valence-electron chi connectivity index (χ2n) is 6.46. The lowest BCUT2D eigenvalue weighted by molar-refractivity contribution is -0.385. The van der Waals surface area contributed by atoms with Gasteiger partial charge >= 0.3 is 5.97 Å². The molecule has 176 valence electrons. The molecule has 1 N–H and O–H groups in total. The number of halogens is 1. The van der Waals surface area contributed by atoms with Crippen molar-refractivity contribution >= 4 is 39.7 Å². The van der Waals surface area contributed by atoms with E-state index in [1.54, 1.807) is 25.1 Å². The molecule has 0 aliphatic heterocycles. The Labute approximate surface area is 201 Å². The molecule has 1 amide bonds. The SMILES string of the molecule is CCOc1cc(/C=N/NC(=O)COc2ccc([N+](=O)[O-])cc2Br)ccc1OC(=O)c1ccco1. The average Bonchev–Trinajstić information content (AvgIpc) is 3.35. The number of nitrogens with one attached hydrogen (secondary N) is 1. The van der Waals surface area contributed by atoms with Gasteiger partial charge in [-0.2, -0.15) is 5.10 Å². The molecule has 2 aromatic carbocycles. The summed E-state index contributed by atoms with van der Waals surface area (Å²) in [6.45, 7) is 1.75. The number of rotatable bonds is 10. The van der Waals surface area contributed by atoms with Crippen molar-refractivity contribution in [2.24, 2.45) is 5.10 Å². The van der Waals surface area contributed by atoms with Crippen molar-refractivity contribution < 1.29 is 33.1 Å². The quantitative estimate of drug-likeness (QED) is 0.135. The molecule has 0 saturated heterocycles. The molecule has 1 aromatic heterocycles. The van der Waals surface area contributed by atoms with Gasteiger partial charge in [0, 0.05) is 12.1 Å². The maximum Gasteiger partial charge on any atom is 0.379 e. The van der Waals surface area contributed by atoms with Crippen molar-refractivity contribution in [1.82, 2.24) is 5.43 Å². The number of benzene rings is 2. The van der Waals surface area contributed by atoms with E-state index in [1.807, 2.05) is 0 Å². The predicted octanol–water partition coefficient (Wildman–Crippen LogP) is 4.10. The van der Waals surface area contributed by atoms with Crippen molar-refractivity contribution in [2.75, 3.05) is 13.2 Å². The van der Waals surface area contributed by atoms with E-state index in [-0.39, 0.29) is 29.6 Å². The molecule has 0 aliphatic rings. The van der Waals surface area contributed by atoms with Gasteiger partial charge in [-0.25, -0.2) is 10.2 Å². The summed E-state index contributed by atoms with van der Waals surface area (Å²) in [5.41, 5.74) is 2.77. The maximum atomic E-state index is 12.1. The van der Waals surface area contributed by atoms with Gasteiger partial charge in [-0.15, -0.1) is 0 Å². The van der Waals surface area contributed by atoms with Crippen LogP contribution in [0.1, 0.15) is 23.0 Å². The molecule has 0 aliphatic carbocycles. The molecule has 0 unspecified atom stereocenters. The lowest BCUT2D eigenvalue weighted by atomic mass is 10.2. The zero-order valence-electron chi connectivity index (χ0n) is 17.7. The molecule has 1 heterocycles. The summed E-state index contributed by atoms with van der Waals surface area (Å²) in [6.07, 6.45) is 2.74. The monoisotopic (exact) mass is 531 g/mol. The third kappa shape index (κ3) is 6.65. The van der Waals surface area contributed by atoms with Gasteiger partial charge in [0.25, 0.3) is 11.6 Å². The van der Waals surface area contributed by atoms with Crippen LogP contribution in [0.2, 0.25) is 0 Å². The second kappa shape index (κ2) is 11.6. The Morgan fingerprint density at radius 1 is 1.15 bits per heavy atom. The number of carbonyl (C=O) groups excluding carboxylic acids is 2. The minimum Gasteiger partial charge on any atom is -0.490 e. The molecule has 0 spiro atoms.